The summed E-state index contributed by atoms with van der Waals surface area (Å²) in [7, 11) is 0. The first-order chi connectivity index (χ1) is 14.2. The predicted octanol–water partition coefficient (Wildman–Crippen LogP) is 2.40. The highest BCUT2D eigenvalue weighted by Gasteiger charge is 2.34. The Kier molecular flexibility index (Phi) is 4.84. The molecule has 1 saturated heterocycles. The number of fused-ring (bicyclic) bond motifs is 2. The molecule has 1 aliphatic carbocycles. The van der Waals surface area contributed by atoms with E-state index in [0.717, 1.165) is 29.8 Å². The van der Waals surface area contributed by atoms with Gasteiger partial charge >= 0.3 is 0 Å². The fourth-order valence-electron chi connectivity index (χ4n) is 3.92. The van der Waals surface area contributed by atoms with Gasteiger partial charge in [0.15, 0.2) is 16.6 Å². The molecule has 2 aromatic rings. The Labute approximate surface area is 171 Å². The van der Waals surface area contributed by atoms with Crippen molar-refractivity contribution in [2.24, 2.45) is 0 Å². The van der Waals surface area contributed by atoms with Crippen molar-refractivity contribution >= 4 is 28.3 Å². The lowest BCUT2D eigenvalue weighted by molar-refractivity contribution is -0.137. The van der Waals surface area contributed by atoms with Crippen molar-refractivity contribution in [1.82, 2.24) is 9.88 Å². The van der Waals surface area contributed by atoms with Gasteiger partial charge in [0.1, 0.15) is 0 Å². The maximum absolute atomic E-state index is 13.0. The summed E-state index contributed by atoms with van der Waals surface area (Å²) in [5.74, 6) is 0.825. The summed E-state index contributed by atoms with van der Waals surface area (Å²) in [4.78, 5) is 33.3. The first-order valence-corrected chi connectivity index (χ1v) is 10.6. The molecule has 1 aromatic heterocycles. The van der Waals surface area contributed by atoms with Crippen LogP contribution in [0.25, 0.3) is 0 Å². The Hall–Kier alpha value is -2.65. The van der Waals surface area contributed by atoms with Crippen LogP contribution in [0.15, 0.2) is 18.2 Å². The zero-order valence-electron chi connectivity index (χ0n) is 15.8. The first-order valence-electron chi connectivity index (χ1n) is 9.76. The molecule has 1 N–H and O–H groups in total. The van der Waals surface area contributed by atoms with Gasteiger partial charge in [0.05, 0.1) is 24.8 Å². The normalized spacial score (nSPS) is 20.3. The fraction of sp³-hybridized carbons (Fsp3) is 0.450. The summed E-state index contributed by atoms with van der Waals surface area (Å²) in [6.45, 7) is 2.58. The van der Waals surface area contributed by atoms with Crippen LogP contribution >= 0.6 is 11.3 Å². The Morgan fingerprint density at radius 2 is 2.00 bits per heavy atom. The molecule has 0 saturated carbocycles. The number of nitrogens with one attached hydrogen (secondary N) is 1. The molecule has 0 spiro atoms. The third-order valence-corrected chi connectivity index (χ3v) is 6.48. The zero-order chi connectivity index (χ0) is 19.8. The number of benzene rings is 1. The smallest absolute Gasteiger partial charge is 0.257 e. The van der Waals surface area contributed by atoms with Crippen molar-refractivity contribution in [3.63, 3.8) is 0 Å². The molecule has 9 heteroatoms. The molecule has 2 amide bonds. The van der Waals surface area contributed by atoms with E-state index in [-0.39, 0.29) is 24.5 Å². The summed E-state index contributed by atoms with van der Waals surface area (Å²) >= 11 is 1.46. The number of thiazole rings is 1. The minimum atomic E-state index is -0.259. The second-order valence-electron chi connectivity index (χ2n) is 7.23. The highest BCUT2D eigenvalue weighted by Crippen LogP contribution is 2.38. The van der Waals surface area contributed by atoms with Crippen LogP contribution in [-0.4, -0.2) is 54.8 Å². The molecule has 1 atom stereocenters. The highest BCUT2D eigenvalue weighted by molar-refractivity contribution is 7.16. The number of ether oxygens (including phenoxy) is 3. The number of nitrogens with zero attached hydrogens (tertiary/aromatic N) is 2. The number of aryl methyl sites for hydroxylation is 1. The lowest BCUT2D eigenvalue weighted by Gasteiger charge is -2.31. The standard InChI is InChI=1S/C20H21N3O5S/c24-18(12-4-5-14-15(10-12)28-11-27-14)22-20-21-17-13(2-1-3-16(17)29-20)19(25)23-6-8-26-9-7-23/h4-5,10,13H,1-3,6-9,11H2,(H,21,22,24)/t13-/m1/s1. The number of aromatic nitrogens is 1. The van der Waals surface area contributed by atoms with Crippen LogP contribution in [0, 0.1) is 0 Å². The largest absolute Gasteiger partial charge is 0.454 e. The van der Waals surface area contributed by atoms with Gasteiger partial charge in [-0.2, -0.15) is 0 Å². The van der Waals surface area contributed by atoms with Crippen molar-refractivity contribution in [3.8, 4) is 11.5 Å². The molecule has 8 nitrogen and oxygen atoms in total. The molecule has 152 valence electrons. The summed E-state index contributed by atoms with van der Waals surface area (Å²) in [6, 6.07) is 5.08. The van der Waals surface area contributed by atoms with E-state index in [9.17, 15) is 9.59 Å². The predicted molar refractivity (Wildman–Crippen MR) is 106 cm³/mol. The Morgan fingerprint density at radius 1 is 1.17 bits per heavy atom. The number of carbonyl (C=O) groups is 2. The van der Waals surface area contributed by atoms with E-state index in [1.807, 2.05) is 4.90 Å². The van der Waals surface area contributed by atoms with Crippen molar-refractivity contribution < 1.29 is 23.8 Å². The number of morpholine rings is 1. The van der Waals surface area contributed by atoms with E-state index in [1.54, 1.807) is 18.2 Å². The van der Waals surface area contributed by atoms with Gasteiger partial charge in [0.25, 0.3) is 5.91 Å². The molecule has 3 heterocycles. The first kappa shape index (κ1) is 18.4. The molecule has 1 fully saturated rings. The van der Waals surface area contributed by atoms with Crippen LogP contribution in [0.2, 0.25) is 0 Å². The summed E-state index contributed by atoms with van der Waals surface area (Å²) < 4.78 is 16.0. The van der Waals surface area contributed by atoms with E-state index in [1.165, 1.54) is 11.3 Å². The Morgan fingerprint density at radius 3 is 2.86 bits per heavy atom. The number of hydrogen-bond donors (Lipinski definition) is 1. The topological polar surface area (TPSA) is 90.0 Å². The minimum Gasteiger partial charge on any atom is -0.454 e. The quantitative estimate of drug-likeness (QED) is 0.828. The third kappa shape index (κ3) is 3.56. The molecular weight excluding hydrogens is 394 g/mol. The van der Waals surface area contributed by atoms with Crippen LogP contribution in [-0.2, 0) is 16.0 Å². The van der Waals surface area contributed by atoms with Crippen molar-refractivity contribution in [3.05, 3.63) is 34.3 Å². The van der Waals surface area contributed by atoms with Crippen LogP contribution in [0.4, 0.5) is 5.13 Å². The molecule has 3 aliphatic rings. The molecule has 1 aromatic carbocycles. The Balaban J connectivity index is 1.33. The second kappa shape index (κ2) is 7.64. The Bertz CT molecular complexity index is 954. The van der Waals surface area contributed by atoms with Gasteiger partial charge in [-0.3, -0.25) is 14.9 Å². The number of carbonyl (C=O) groups excluding carboxylic acids is 2. The van der Waals surface area contributed by atoms with Crippen LogP contribution in [0.1, 0.15) is 39.7 Å². The van der Waals surface area contributed by atoms with Crippen LogP contribution in [0.3, 0.4) is 0 Å². The lowest BCUT2D eigenvalue weighted by Crippen LogP contribution is -2.43. The van der Waals surface area contributed by atoms with E-state index < -0.39 is 0 Å². The third-order valence-electron chi connectivity index (χ3n) is 5.43. The van der Waals surface area contributed by atoms with E-state index in [2.05, 4.69) is 10.3 Å². The minimum absolute atomic E-state index is 0.119. The SMILES string of the molecule is O=C(Nc1nc2c(s1)CCC[C@H]2C(=O)N1CCOCC1)c1ccc2c(c1)OCO2. The number of hydrogen-bond acceptors (Lipinski definition) is 7. The van der Waals surface area contributed by atoms with Crippen molar-refractivity contribution in [2.75, 3.05) is 38.4 Å². The molecule has 2 aliphatic heterocycles. The van der Waals surface area contributed by atoms with Crippen LogP contribution in [0.5, 0.6) is 11.5 Å². The summed E-state index contributed by atoms with van der Waals surface area (Å²) in [6.07, 6.45) is 2.63. The highest BCUT2D eigenvalue weighted by atomic mass is 32.1. The molecule has 0 radical (unpaired) electrons. The molecule has 5 rings (SSSR count). The van der Waals surface area contributed by atoms with Gasteiger partial charge in [-0.05, 0) is 37.5 Å². The average Bonchev–Trinajstić information content (AvgIpc) is 3.39. The van der Waals surface area contributed by atoms with Gasteiger partial charge < -0.3 is 19.1 Å². The molecule has 0 unspecified atom stereocenters. The van der Waals surface area contributed by atoms with E-state index in [0.29, 0.717) is 48.5 Å². The van der Waals surface area contributed by atoms with Crippen LogP contribution < -0.4 is 14.8 Å². The molecular formula is C20H21N3O5S. The van der Waals surface area contributed by atoms with Crippen molar-refractivity contribution in [2.45, 2.75) is 25.2 Å². The molecule has 29 heavy (non-hydrogen) atoms. The number of amides is 2. The van der Waals surface area contributed by atoms with Gasteiger partial charge in [-0.15, -0.1) is 11.3 Å². The monoisotopic (exact) mass is 415 g/mol. The second-order valence-corrected chi connectivity index (χ2v) is 8.32. The maximum Gasteiger partial charge on any atom is 0.257 e. The number of anilines is 1. The maximum atomic E-state index is 13.0. The number of rotatable bonds is 3. The van der Waals surface area contributed by atoms with Crippen molar-refractivity contribution in [1.29, 1.82) is 0 Å². The van der Waals surface area contributed by atoms with Gasteiger partial charge in [0, 0.05) is 23.5 Å². The van der Waals surface area contributed by atoms with E-state index in [4.69, 9.17) is 14.2 Å². The fourth-order valence-corrected chi connectivity index (χ4v) is 4.98. The average molecular weight is 415 g/mol. The van der Waals surface area contributed by atoms with Gasteiger partial charge in [0.2, 0.25) is 12.7 Å². The lowest BCUT2D eigenvalue weighted by atomic mass is 9.90. The summed E-state index contributed by atoms with van der Waals surface area (Å²) in [5, 5.41) is 3.40. The summed E-state index contributed by atoms with van der Waals surface area (Å²) in [5.41, 5.74) is 1.29. The van der Waals surface area contributed by atoms with E-state index >= 15 is 0 Å². The van der Waals surface area contributed by atoms with Gasteiger partial charge in [-0.25, -0.2) is 4.98 Å². The molecule has 0 bridgehead atoms. The van der Waals surface area contributed by atoms with Gasteiger partial charge in [-0.1, -0.05) is 0 Å². The zero-order valence-corrected chi connectivity index (χ0v) is 16.6.